The van der Waals surface area contributed by atoms with Crippen LogP contribution in [0.5, 0.6) is 0 Å². The first-order chi connectivity index (χ1) is 23.8. The Morgan fingerprint density at radius 2 is 2.04 bits per heavy atom. The number of aromatic nitrogens is 1. The number of aliphatic hydroxyl groups is 3. The molecular weight excluding hydrogens is 668 g/mol. The number of anilines is 1. The van der Waals surface area contributed by atoms with Gasteiger partial charge in [0.15, 0.2) is 12.1 Å². The maximum Gasteiger partial charge on any atom is 0.345 e. The van der Waals surface area contributed by atoms with Crippen molar-refractivity contribution in [1.82, 2.24) is 14.8 Å². The number of fused-ring (bicyclic) bond motifs is 1. The number of halogens is 4. The van der Waals surface area contributed by atoms with E-state index >= 15 is 8.78 Å². The van der Waals surface area contributed by atoms with Gasteiger partial charge in [-0.25, -0.2) is 27.5 Å². The van der Waals surface area contributed by atoms with Crippen LogP contribution >= 0.6 is 0 Å². The molecule has 5 rings (SSSR count). The van der Waals surface area contributed by atoms with Crippen molar-refractivity contribution in [3.8, 4) is 23.6 Å². The second kappa shape index (κ2) is 15.5. The van der Waals surface area contributed by atoms with Gasteiger partial charge >= 0.3 is 6.10 Å². The van der Waals surface area contributed by atoms with Crippen molar-refractivity contribution < 1.29 is 52.4 Å². The van der Waals surface area contributed by atoms with Crippen molar-refractivity contribution in [3.05, 3.63) is 65.1 Å². The van der Waals surface area contributed by atoms with Gasteiger partial charge in [-0.05, 0) is 47.0 Å². The molecule has 3 atom stereocenters. The van der Waals surface area contributed by atoms with Gasteiger partial charge in [0.1, 0.15) is 29.1 Å². The Morgan fingerprint density at radius 1 is 1.26 bits per heavy atom. The predicted molar refractivity (Wildman–Crippen MR) is 172 cm³/mol. The van der Waals surface area contributed by atoms with Crippen molar-refractivity contribution >= 4 is 34.4 Å². The van der Waals surface area contributed by atoms with Crippen LogP contribution in [0.3, 0.4) is 0 Å². The molecular formula is C33H34F4N6O7. The minimum atomic E-state index is -3.22. The van der Waals surface area contributed by atoms with Gasteiger partial charge in [-0.2, -0.15) is 4.89 Å². The molecule has 0 aliphatic carbocycles. The van der Waals surface area contributed by atoms with Crippen LogP contribution in [0.1, 0.15) is 30.9 Å². The molecule has 50 heavy (non-hydrogen) atoms. The van der Waals surface area contributed by atoms with Crippen LogP contribution in [-0.2, 0) is 19.6 Å². The lowest BCUT2D eigenvalue weighted by Crippen LogP contribution is -2.51. The van der Waals surface area contributed by atoms with E-state index in [1.807, 2.05) is 0 Å². The Balaban J connectivity index is 1.52. The number of aliphatic imine (C=N–C) groups is 1. The van der Waals surface area contributed by atoms with Gasteiger partial charge in [-0.3, -0.25) is 15.3 Å². The molecule has 2 aliphatic rings. The third kappa shape index (κ3) is 7.71. The zero-order valence-corrected chi connectivity index (χ0v) is 26.7. The molecule has 17 heteroatoms. The standard InChI is InChI=1S/C33H34F4N6O7/c1-3-22-25(35)7-6-19-11-21(38)12-23(27(19)22)29-28(36)30(24(14-40-29)32(39)43-9-10-47-16-18(2)31(43)37)41-17-48-50-49-26-15-42(33(44,45)46)8-4-5-20(26)13-34/h1,6-7,11-14,17-18,26,31,39,44-46H,4-5,8-10,15-16,38H2,2H3/b20-13+,39-32?,41-17?/t18?,26-,31-/m1/s1. The minimum Gasteiger partial charge on any atom is -0.399 e. The quantitative estimate of drug-likeness (QED) is 0.0221. The molecule has 0 spiro atoms. The first kappa shape index (κ1) is 36.6. The first-order valence-electron chi connectivity index (χ1n) is 15.3. The summed E-state index contributed by atoms with van der Waals surface area (Å²) in [7, 11) is 0. The molecule has 1 unspecified atom stereocenters. The lowest BCUT2D eigenvalue weighted by Gasteiger charge is -2.30. The summed E-state index contributed by atoms with van der Waals surface area (Å²) in [5.41, 5.74) is 4.93. The number of hydrogen-bond donors (Lipinski definition) is 5. The third-order valence-corrected chi connectivity index (χ3v) is 8.33. The number of nitrogen functional groups attached to an aromatic ring is 1. The number of rotatable bonds is 8. The topological polar surface area (TPSA) is 179 Å². The number of nitrogens with two attached hydrogens (primary N) is 1. The van der Waals surface area contributed by atoms with E-state index < -0.39 is 54.1 Å². The van der Waals surface area contributed by atoms with Crippen LogP contribution < -0.4 is 5.73 Å². The fraction of sp³-hybridized carbons (Fsp3) is 0.364. The molecule has 0 saturated carbocycles. The normalized spacial score (nSPS) is 21.7. The molecule has 2 saturated heterocycles. The maximum absolute atomic E-state index is 16.6. The number of nitrogens with one attached hydrogen (secondary N) is 1. The lowest BCUT2D eigenvalue weighted by molar-refractivity contribution is -0.489. The molecule has 13 nitrogen and oxygen atoms in total. The molecule has 0 amide bonds. The van der Waals surface area contributed by atoms with E-state index in [1.54, 1.807) is 6.92 Å². The number of benzene rings is 2. The number of nitrogens with zero attached hydrogens (tertiary/aromatic N) is 4. The van der Waals surface area contributed by atoms with Crippen molar-refractivity contribution in [2.75, 3.05) is 38.6 Å². The van der Waals surface area contributed by atoms with Gasteiger partial charge in [0.25, 0.3) is 0 Å². The maximum atomic E-state index is 16.6. The molecule has 6 N–H and O–H groups in total. The average molecular weight is 703 g/mol. The fourth-order valence-electron chi connectivity index (χ4n) is 5.78. The summed E-state index contributed by atoms with van der Waals surface area (Å²) in [6.45, 7) is 1.27. The van der Waals surface area contributed by atoms with Gasteiger partial charge < -0.3 is 30.7 Å². The molecule has 1 aromatic heterocycles. The Bertz CT molecular complexity index is 1850. The van der Waals surface area contributed by atoms with Gasteiger partial charge in [0.2, 0.25) is 6.40 Å². The predicted octanol–water partition coefficient (Wildman–Crippen LogP) is 3.78. The number of pyridine rings is 1. The lowest BCUT2D eigenvalue weighted by atomic mass is 9.95. The summed E-state index contributed by atoms with van der Waals surface area (Å²) in [5.74, 6) is -0.736. The third-order valence-electron chi connectivity index (χ3n) is 8.33. The Labute approximate surface area is 283 Å². The van der Waals surface area contributed by atoms with Crippen LogP contribution in [0.25, 0.3) is 22.0 Å². The second-order valence-corrected chi connectivity index (χ2v) is 11.7. The molecule has 2 fully saturated rings. The van der Waals surface area contributed by atoms with E-state index in [-0.39, 0.29) is 84.5 Å². The molecule has 2 aromatic carbocycles. The highest BCUT2D eigenvalue weighted by molar-refractivity contribution is 6.05. The summed E-state index contributed by atoms with van der Waals surface area (Å²) in [5, 5.41) is 42.8. The average Bonchev–Trinajstić information content (AvgIpc) is 3.39. The van der Waals surface area contributed by atoms with Crippen LogP contribution in [0, 0.1) is 35.3 Å². The van der Waals surface area contributed by atoms with E-state index in [4.69, 9.17) is 37.1 Å². The van der Waals surface area contributed by atoms with Crippen molar-refractivity contribution in [2.45, 2.75) is 38.3 Å². The van der Waals surface area contributed by atoms with E-state index in [1.165, 1.54) is 18.2 Å². The molecule has 0 bridgehead atoms. The molecule has 3 heterocycles. The number of amidine groups is 1. The van der Waals surface area contributed by atoms with Gasteiger partial charge in [-0.15, -0.1) is 6.42 Å². The SMILES string of the molecule is C#Cc1c(F)ccc2cc(N)cc(-c3ncc(C(=N)N4CCOCC(C)[C@@H]4F)c(N=COOO[C@@H]4CN(C(O)(O)O)CCC/C4=C\F)c3F)c12. The van der Waals surface area contributed by atoms with E-state index in [0.29, 0.717) is 11.8 Å². The largest absolute Gasteiger partial charge is 0.399 e. The summed E-state index contributed by atoms with van der Waals surface area (Å²) in [4.78, 5) is 20.0. The summed E-state index contributed by atoms with van der Waals surface area (Å²) in [6.07, 6.45) is 1.68. The highest BCUT2D eigenvalue weighted by Crippen LogP contribution is 2.38. The number of terminal acetylenes is 1. The Kier molecular flexibility index (Phi) is 11.3. The zero-order chi connectivity index (χ0) is 36.2. The smallest absolute Gasteiger partial charge is 0.345 e. The monoisotopic (exact) mass is 702 g/mol. The molecule has 2 aliphatic heterocycles. The number of hydrogen-bond acceptors (Lipinski definition) is 12. The van der Waals surface area contributed by atoms with E-state index in [0.717, 1.165) is 22.1 Å². The van der Waals surface area contributed by atoms with Crippen LogP contribution in [0.2, 0.25) is 0 Å². The second-order valence-electron chi connectivity index (χ2n) is 11.7. The zero-order valence-electron chi connectivity index (χ0n) is 26.7. The summed E-state index contributed by atoms with van der Waals surface area (Å²) in [6, 6.07) is 5.43. The number of ether oxygens (including phenoxy) is 1. The fourth-order valence-corrected chi connectivity index (χ4v) is 5.78. The summed E-state index contributed by atoms with van der Waals surface area (Å²) >= 11 is 0. The van der Waals surface area contributed by atoms with Crippen LogP contribution in [-0.4, -0.2) is 93.7 Å². The minimum absolute atomic E-state index is 0.0105. The van der Waals surface area contributed by atoms with Crippen molar-refractivity contribution in [2.24, 2.45) is 10.9 Å². The van der Waals surface area contributed by atoms with E-state index in [9.17, 15) is 24.1 Å². The Hall–Kier alpha value is -4.67. The Morgan fingerprint density at radius 3 is 2.76 bits per heavy atom. The first-order valence-corrected chi connectivity index (χ1v) is 15.3. The van der Waals surface area contributed by atoms with Crippen molar-refractivity contribution in [3.63, 3.8) is 0 Å². The number of likely N-dealkylation sites (tertiary alicyclic amines) is 1. The van der Waals surface area contributed by atoms with Gasteiger partial charge in [0, 0.05) is 48.4 Å². The number of alkyl halides is 1. The van der Waals surface area contributed by atoms with Gasteiger partial charge in [0.05, 0.1) is 30.7 Å². The van der Waals surface area contributed by atoms with Gasteiger partial charge in [-0.1, -0.05) is 18.9 Å². The van der Waals surface area contributed by atoms with Crippen molar-refractivity contribution in [1.29, 1.82) is 5.41 Å². The van der Waals surface area contributed by atoms with Crippen LogP contribution in [0.4, 0.5) is 28.9 Å². The van der Waals surface area contributed by atoms with Crippen LogP contribution in [0.15, 0.2) is 47.4 Å². The molecule has 266 valence electrons. The summed E-state index contributed by atoms with van der Waals surface area (Å²) < 4.78 is 65.9. The molecule has 0 radical (unpaired) electrons. The highest BCUT2D eigenvalue weighted by atomic mass is 19.1. The highest BCUT2D eigenvalue weighted by Gasteiger charge is 2.36. The van der Waals surface area contributed by atoms with E-state index in [2.05, 4.69) is 15.9 Å². The molecule has 3 aromatic rings.